The van der Waals surface area contributed by atoms with Crippen molar-refractivity contribution in [3.8, 4) is 0 Å². The molecule has 5 heteroatoms. The molecule has 0 aromatic carbocycles. The Morgan fingerprint density at radius 1 is 1.71 bits per heavy atom. The highest BCUT2D eigenvalue weighted by Crippen LogP contribution is 2.05. The van der Waals surface area contributed by atoms with Crippen LogP contribution in [0.5, 0.6) is 0 Å². The first-order valence-electron chi connectivity index (χ1n) is 5.19. The van der Waals surface area contributed by atoms with Crippen LogP contribution in [0.2, 0.25) is 0 Å². The summed E-state index contributed by atoms with van der Waals surface area (Å²) in [6.07, 6.45) is 2.89. The largest absolute Gasteiger partial charge is 0.383 e. The van der Waals surface area contributed by atoms with Gasteiger partial charge in [-0.3, -0.25) is 4.79 Å². The number of amides is 1. The molecule has 0 aliphatic heterocycles. The molecular weight excluding hydrogens is 223 g/mol. The predicted octanol–water partition coefficient (Wildman–Crippen LogP) is 1.50. The number of hydrogen-bond acceptors (Lipinski definition) is 3. The van der Waals surface area contributed by atoms with E-state index in [1.165, 1.54) is 17.2 Å². The first kappa shape index (κ1) is 13.3. The van der Waals surface area contributed by atoms with Crippen molar-refractivity contribution in [1.82, 2.24) is 9.88 Å². The van der Waals surface area contributed by atoms with E-state index in [1.54, 1.807) is 13.2 Å². The van der Waals surface area contributed by atoms with E-state index in [4.69, 9.17) is 4.74 Å². The van der Waals surface area contributed by atoms with Crippen LogP contribution >= 0.6 is 0 Å². The minimum absolute atomic E-state index is 0.261. The number of pyridine rings is 1. The molecule has 4 nitrogen and oxygen atoms in total. The summed E-state index contributed by atoms with van der Waals surface area (Å²) in [5, 5.41) is 0. The number of nitrogens with zero attached hydrogens (tertiary/aromatic N) is 2. The highest BCUT2D eigenvalue weighted by Gasteiger charge is 2.14. The molecule has 0 spiro atoms. The summed E-state index contributed by atoms with van der Waals surface area (Å²) in [4.78, 5) is 17.0. The Morgan fingerprint density at radius 2 is 2.47 bits per heavy atom. The number of aromatic nitrogens is 1. The lowest BCUT2D eigenvalue weighted by atomic mass is 10.2. The van der Waals surface area contributed by atoms with Gasteiger partial charge in [-0.05, 0) is 6.07 Å². The molecule has 1 aromatic rings. The van der Waals surface area contributed by atoms with Crippen LogP contribution in [0.1, 0.15) is 10.4 Å². The lowest BCUT2D eigenvalue weighted by molar-refractivity contribution is 0.0717. The second-order valence-corrected chi connectivity index (χ2v) is 3.40. The zero-order chi connectivity index (χ0) is 12.7. The zero-order valence-electron chi connectivity index (χ0n) is 9.73. The van der Waals surface area contributed by atoms with E-state index in [1.807, 2.05) is 0 Å². The van der Waals surface area contributed by atoms with Gasteiger partial charge in [-0.25, -0.2) is 4.98 Å². The lowest BCUT2D eigenvalue weighted by Crippen LogP contribution is -2.34. The molecule has 0 saturated heterocycles. The Labute approximate surface area is 99.7 Å². The van der Waals surface area contributed by atoms with Crippen molar-refractivity contribution in [3.05, 3.63) is 42.5 Å². The van der Waals surface area contributed by atoms with Crippen molar-refractivity contribution in [3.63, 3.8) is 0 Å². The van der Waals surface area contributed by atoms with Gasteiger partial charge in [-0.2, -0.15) is 4.39 Å². The Bertz CT molecular complexity index is 396. The smallest absolute Gasteiger partial charge is 0.254 e. The molecular formula is C12H15FN2O2. The number of ether oxygens (including phenoxy) is 1. The summed E-state index contributed by atoms with van der Waals surface area (Å²) in [6, 6.07) is 2.60. The maximum absolute atomic E-state index is 12.9. The fourth-order valence-corrected chi connectivity index (χ4v) is 1.35. The van der Waals surface area contributed by atoms with E-state index in [9.17, 15) is 9.18 Å². The minimum atomic E-state index is -0.666. The third-order valence-corrected chi connectivity index (χ3v) is 2.18. The lowest BCUT2D eigenvalue weighted by Gasteiger charge is -2.20. The highest BCUT2D eigenvalue weighted by molar-refractivity contribution is 5.94. The van der Waals surface area contributed by atoms with Gasteiger partial charge >= 0.3 is 0 Å². The maximum Gasteiger partial charge on any atom is 0.254 e. The Kier molecular flexibility index (Phi) is 5.29. The summed E-state index contributed by atoms with van der Waals surface area (Å²) in [5.74, 6) is -0.926. The van der Waals surface area contributed by atoms with Crippen molar-refractivity contribution in [2.75, 3.05) is 26.8 Å². The van der Waals surface area contributed by atoms with Gasteiger partial charge in [-0.15, -0.1) is 6.58 Å². The van der Waals surface area contributed by atoms with E-state index in [0.29, 0.717) is 19.7 Å². The van der Waals surface area contributed by atoms with Gasteiger partial charge in [0, 0.05) is 38.0 Å². The highest BCUT2D eigenvalue weighted by atomic mass is 19.1. The van der Waals surface area contributed by atoms with Crippen LogP contribution in [0.25, 0.3) is 0 Å². The Balaban J connectivity index is 2.79. The summed E-state index contributed by atoms with van der Waals surface area (Å²) in [7, 11) is 1.56. The number of halogens is 1. The van der Waals surface area contributed by atoms with E-state index in [-0.39, 0.29) is 11.5 Å². The molecule has 0 fully saturated rings. The van der Waals surface area contributed by atoms with Gasteiger partial charge in [0.05, 0.1) is 6.61 Å². The van der Waals surface area contributed by atoms with E-state index >= 15 is 0 Å². The maximum atomic E-state index is 12.9. The summed E-state index contributed by atoms with van der Waals surface area (Å²) in [5.41, 5.74) is 0.274. The third-order valence-electron chi connectivity index (χ3n) is 2.18. The molecule has 0 aliphatic rings. The van der Waals surface area contributed by atoms with Crippen molar-refractivity contribution < 1.29 is 13.9 Å². The monoisotopic (exact) mass is 238 g/mol. The van der Waals surface area contributed by atoms with Gasteiger partial charge in [0.15, 0.2) is 0 Å². The predicted molar refractivity (Wildman–Crippen MR) is 62.2 cm³/mol. The summed E-state index contributed by atoms with van der Waals surface area (Å²) < 4.78 is 17.8. The van der Waals surface area contributed by atoms with Gasteiger partial charge in [0.2, 0.25) is 5.95 Å². The molecule has 1 rings (SSSR count). The minimum Gasteiger partial charge on any atom is -0.383 e. The molecule has 0 atom stereocenters. The fourth-order valence-electron chi connectivity index (χ4n) is 1.35. The van der Waals surface area contributed by atoms with Crippen LogP contribution < -0.4 is 0 Å². The van der Waals surface area contributed by atoms with Gasteiger partial charge in [0.25, 0.3) is 5.91 Å². The second kappa shape index (κ2) is 6.75. The summed E-state index contributed by atoms with van der Waals surface area (Å²) >= 11 is 0. The molecule has 0 saturated carbocycles. The molecule has 0 aliphatic carbocycles. The molecule has 0 N–H and O–H groups in total. The van der Waals surface area contributed by atoms with Crippen molar-refractivity contribution >= 4 is 5.91 Å². The van der Waals surface area contributed by atoms with Gasteiger partial charge < -0.3 is 9.64 Å². The van der Waals surface area contributed by atoms with Gasteiger partial charge in [-0.1, -0.05) is 6.08 Å². The molecule has 92 valence electrons. The average Bonchev–Trinajstić information content (AvgIpc) is 2.33. The van der Waals surface area contributed by atoms with E-state index in [2.05, 4.69) is 11.6 Å². The SMILES string of the molecule is C=CCN(CCOC)C(=O)c1ccnc(F)c1. The van der Waals surface area contributed by atoms with Crippen LogP contribution in [-0.4, -0.2) is 42.6 Å². The van der Waals surface area contributed by atoms with Crippen LogP contribution in [0.4, 0.5) is 4.39 Å². The molecule has 0 unspecified atom stereocenters. The zero-order valence-corrected chi connectivity index (χ0v) is 9.73. The topological polar surface area (TPSA) is 42.4 Å². The fraction of sp³-hybridized carbons (Fsp3) is 0.333. The second-order valence-electron chi connectivity index (χ2n) is 3.40. The normalized spacial score (nSPS) is 10.0. The summed E-state index contributed by atoms with van der Waals surface area (Å²) in [6.45, 7) is 4.84. The van der Waals surface area contributed by atoms with Crippen LogP contribution in [-0.2, 0) is 4.74 Å². The standard InChI is InChI=1S/C12H15FN2O2/c1-3-6-15(7-8-17-2)12(16)10-4-5-14-11(13)9-10/h3-5,9H,1,6-8H2,2H3. The van der Waals surface area contributed by atoms with Crippen LogP contribution in [0.15, 0.2) is 31.0 Å². The van der Waals surface area contributed by atoms with E-state index in [0.717, 1.165) is 6.07 Å². The number of methoxy groups -OCH3 is 1. The van der Waals surface area contributed by atoms with E-state index < -0.39 is 5.95 Å². The van der Waals surface area contributed by atoms with Crippen molar-refractivity contribution in [2.45, 2.75) is 0 Å². The molecule has 1 aromatic heterocycles. The van der Waals surface area contributed by atoms with Gasteiger partial charge in [0.1, 0.15) is 0 Å². The molecule has 0 bridgehead atoms. The quantitative estimate of drug-likeness (QED) is 0.557. The molecule has 0 radical (unpaired) electrons. The van der Waals surface area contributed by atoms with Crippen molar-refractivity contribution in [2.24, 2.45) is 0 Å². The molecule has 17 heavy (non-hydrogen) atoms. The first-order chi connectivity index (χ1) is 8.19. The number of carbonyl (C=O) groups excluding carboxylic acids is 1. The Hall–Kier alpha value is -1.75. The first-order valence-corrected chi connectivity index (χ1v) is 5.19. The molecule has 1 heterocycles. The van der Waals surface area contributed by atoms with Crippen LogP contribution in [0, 0.1) is 5.95 Å². The van der Waals surface area contributed by atoms with Crippen LogP contribution in [0.3, 0.4) is 0 Å². The number of rotatable bonds is 6. The average molecular weight is 238 g/mol. The van der Waals surface area contributed by atoms with Crippen molar-refractivity contribution in [1.29, 1.82) is 0 Å². The number of hydrogen-bond donors (Lipinski definition) is 0. The Morgan fingerprint density at radius 3 is 3.06 bits per heavy atom. The molecule has 1 amide bonds. The number of carbonyl (C=O) groups is 1. The third kappa shape index (κ3) is 3.96.